The first-order valence-corrected chi connectivity index (χ1v) is 10.7. The molecule has 0 spiro atoms. The fraction of sp³-hybridized carbons (Fsp3) is 0.619. The molecule has 3 heterocycles. The summed E-state index contributed by atoms with van der Waals surface area (Å²) in [6.45, 7) is 3.66. The first-order valence-electron chi connectivity index (χ1n) is 10.7. The molecule has 170 valence electrons. The molecule has 0 atom stereocenters. The summed E-state index contributed by atoms with van der Waals surface area (Å²) in [5.41, 5.74) is 0. The first kappa shape index (κ1) is 22.6. The maximum atomic E-state index is 12.3. The molecule has 0 saturated carbocycles. The van der Waals surface area contributed by atoms with Crippen LogP contribution >= 0.6 is 0 Å². The smallest absolute Gasteiger partial charge is 0.409 e. The third-order valence-electron chi connectivity index (χ3n) is 5.58. The van der Waals surface area contributed by atoms with Crippen LogP contribution in [0.5, 0.6) is 0 Å². The molecule has 2 fully saturated rings. The molecule has 2 aliphatic rings. The van der Waals surface area contributed by atoms with E-state index in [9.17, 15) is 19.2 Å². The maximum absolute atomic E-state index is 12.3. The van der Waals surface area contributed by atoms with E-state index in [1.165, 1.54) is 6.26 Å². The highest BCUT2D eigenvalue weighted by Crippen LogP contribution is 2.20. The zero-order chi connectivity index (χ0) is 22.2. The Morgan fingerprint density at radius 2 is 1.71 bits per heavy atom. The average Bonchev–Trinajstić information content (AvgIpc) is 3.33. The molecule has 0 radical (unpaired) electrons. The zero-order valence-corrected chi connectivity index (χ0v) is 17.7. The average molecular weight is 435 g/mol. The Labute approximate surface area is 180 Å². The maximum Gasteiger partial charge on any atom is 0.409 e. The topological polar surface area (TPSA) is 118 Å². The van der Waals surface area contributed by atoms with E-state index in [0.717, 1.165) is 0 Å². The number of likely N-dealkylation sites (tertiary alicyclic amines) is 2. The number of amides is 3. The minimum atomic E-state index is -0.419. The summed E-state index contributed by atoms with van der Waals surface area (Å²) in [5, 5.41) is 2.85. The predicted molar refractivity (Wildman–Crippen MR) is 108 cm³/mol. The zero-order valence-electron chi connectivity index (χ0n) is 17.7. The molecule has 31 heavy (non-hydrogen) atoms. The first-order chi connectivity index (χ1) is 15.0. The van der Waals surface area contributed by atoms with Crippen molar-refractivity contribution in [3.63, 3.8) is 0 Å². The number of nitrogens with zero attached hydrogens (tertiary/aromatic N) is 2. The Morgan fingerprint density at radius 3 is 2.32 bits per heavy atom. The van der Waals surface area contributed by atoms with Crippen molar-refractivity contribution in [1.82, 2.24) is 15.1 Å². The van der Waals surface area contributed by atoms with Crippen molar-refractivity contribution in [1.29, 1.82) is 0 Å². The van der Waals surface area contributed by atoms with Crippen LogP contribution in [0.3, 0.4) is 0 Å². The molecule has 0 bridgehead atoms. The number of hydrogen-bond acceptors (Lipinski definition) is 7. The van der Waals surface area contributed by atoms with Gasteiger partial charge in [-0.1, -0.05) is 0 Å². The number of ether oxygens (including phenoxy) is 2. The van der Waals surface area contributed by atoms with E-state index in [1.54, 1.807) is 28.9 Å². The molecule has 3 amide bonds. The van der Waals surface area contributed by atoms with Crippen LogP contribution in [0.1, 0.15) is 43.2 Å². The van der Waals surface area contributed by atoms with Gasteiger partial charge in [-0.3, -0.25) is 14.4 Å². The Bertz CT molecular complexity index is 764. The monoisotopic (exact) mass is 435 g/mol. The number of piperidine rings is 2. The van der Waals surface area contributed by atoms with Crippen molar-refractivity contribution < 1.29 is 33.1 Å². The lowest BCUT2D eigenvalue weighted by Crippen LogP contribution is -2.47. The van der Waals surface area contributed by atoms with Gasteiger partial charge >= 0.3 is 12.1 Å². The van der Waals surface area contributed by atoms with Crippen LogP contribution in [0.2, 0.25) is 0 Å². The van der Waals surface area contributed by atoms with Gasteiger partial charge in [0.2, 0.25) is 0 Å². The fourth-order valence-electron chi connectivity index (χ4n) is 3.82. The second-order valence-electron chi connectivity index (χ2n) is 7.68. The number of furan rings is 1. The largest absolute Gasteiger partial charge is 0.459 e. The van der Waals surface area contributed by atoms with Crippen molar-refractivity contribution in [2.24, 2.45) is 5.92 Å². The van der Waals surface area contributed by atoms with Crippen LogP contribution in [0.4, 0.5) is 4.79 Å². The minimum Gasteiger partial charge on any atom is -0.459 e. The van der Waals surface area contributed by atoms with Gasteiger partial charge in [-0.05, 0) is 44.7 Å². The summed E-state index contributed by atoms with van der Waals surface area (Å²) < 4.78 is 15.3. The predicted octanol–water partition coefficient (Wildman–Crippen LogP) is 1.41. The van der Waals surface area contributed by atoms with Crippen LogP contribution in [-0.4, -0.2) is 79.1 Å². The highest BCUT2D eigenvalue weighted by atomic mass is 16.6. The van der Waals surface area contributed by atoms with E-state index >= 15 is 0 Å². The van der Waals surface area contributed by atoms with Crippen molar-refractivity contribution >= 4 is 23.9 Å². The summed E-state index contributed by atoms with van der Waals surface area (Å²) in [6, 6.07) is 3.21. The fourth-order valence-corrected chi connectivity index (χ4v) is 3.82. The Morgan fingerprint density at radius 1 is 1.03 bits per heavy atom. The number of rotatable bonds is 6. The third kappa shape index (κ3) is 6.22. The van der Waals surface area contributed by atoms with Crippen LogP contribution < -0.4 is 5.32 Å². The Kier molecular flexibility index (Phi) is 7.91. The van der Waals surface area contributed by atoms with E-state index in [4.69, 9.17) is 13.9 Å². The Hall–Kier alpha value is -3.04. The van der Waals surface area contributed by atoms with Crippen molar-refractivity contribution in [2.75, 3.05) is 39.4 Å². The van der Waals surface area contributed by atoms with E-state index in [2.05, 4.69) is 5.32 Å². The second-order valence-corrected chi connectivity index (χ2v) is 7.68. The van der Waals surface area contributed by atoms with Crippen LogP contribution in [0.25, 0.3) is 0 Å². The van der Waals surface area contributed by atoms with E-state index in [0.29, 0.717) is 58.5 Å². The second kappa shape index (κ2) is 10.8. The van der Waals surface area contributed by atoms with Crippen LogP contribution in [0.15, 0.2) is 22.8 Å². The summed E-state index contributed by atoms with van der Waals surface area (Å²) in [7, 11) is 0. The van der Waals surface area contributed by atoms with E-state index in [-0.39, 0.29) is 42.2 Å². The van der Waals surface area contributed by atoms with Crippen molar-refractivity contribution in [3.8, 4) is 0 Å². The van der Waals surface area contributed by atoms with Gasteiger partial charge in [0.05, 0.1) is 18.8 Å². The minimum absolute atomic E-state index is 0.0623. The molecule has 2 aliphatic heterocycles. The van der Waals surface area contributed by atoms with Crippen LogP contribution in [-0.2, 0) is 19.1 Å². The number of hydrogen-bond donors (Lipinski definition) is 1. The molecule has 1 N–H and O–H groups in total. The van der Waals surface area contributed by atoms with Gasteiger partial charge in [0.25, 0.3) is 11.8 Å². The lowest BCUT2D eigenvalue weighted by Gasteiger charge is -2.31. The molecule has 1 aromatic heterocycles. The van der Waals surface area contributed by atoms with Gasteiger partial charge in [-0.15, -0.1) is 0 Å². The molecule has 10 heteroatoms. The highest BCUT2D eigenvalue weighted by Gasteiger charge is 2.30. The summed E-state index contributed by atoms with van der Waals surface area (Å²) in [4.78, 5) is 51.7. The molecule has 0 aliphatic carbocycles. The molecule has 3 rings (SSSR count). The standard InChI is InChI=1S/C21H29N3O7/c1-2-29-21(28)24-11-7-16(8-12-24)22-18(25)14-31-20(27)15-5-9-23(10-6-15)19(26)17-4-3-13-30-17/h3-4,13,15-16H,2,5-12,14H2,1H3,(H,22,25). The van der Waals surface area contributed by atoms with E-state index in [1.807, 2.05) is 0 Å². The molecular formula is C21H29N3O7. The number of esters is 1. The molecular weight excluding hydrogens is 406 g/mol. The number of nitrogens with one attached hydrogen (secondary N) is 1. The summed E-state index contributed by atoms with van der Waals surface area (Å²) in [5.74, 6) is -1.01. The van der Waals surface area contributed by atoms with Crippen LogP contribution in [0, 0.1) is 5.92 Å². The van der Waals surface area contributed by atoms with Gasteiger partial charge in [0.1, 0.15) is 0 Å². The molecule has 2 saturated heterocycles. The van der Waals surface area contributed by atoms with Gasteiger partial charge in [-0.2, -0.15) is 0 Å². The molecule has 10 nitrogen and oxygen atoms in total. The SMILES string of the molecule is CCOC(=O)N1CCC(NC(=O)COC(=O)C2CCN(C(=O)c3ccco3)CC2)CC1. The number of carbonyl (C=O) groups excluding carboxylic acids is 4. The van der Waals surface area contributed by atoms with E-state index < -0.39 is 5.97 Å². The van der Waals surface area contributed by atoms with Gasteiger partial charge in [0.15, 0.2) is 12.4 Å². The van der Waals surface area contributed by atoms with Gasteiger partial charge in [-0.25, -0.2) is 4.79 Å². The molecule has 0 aromatic carbocycles. The normalized spacial score (nSPS) is 17.8. The number of carbonyl (C=O) groups is 4. The Balaban J connectivity index is 1.32. The molecule has 0 unspecified atom stereocenters. The summed E-state index contributed by atoms with van der Waals surface area (Å²) >= 11 is 0. The quantitative estimate of drug-likeness (QED) is 0.671. The summed E-state index contributed by atoms with van der Waals surface area (Å²) in [6.07, 6.45) is 3.34. The van der Waals surface area contributed by atoms with Crippen molar-refractivity contribution in [2.45, 2.75) is 38.6 Å². The van der Waals surface area contributed by atoms with Crippen molar-refractivity contribution in [3.05, 3.63) is 24.2 Å². The lowest BCUT2D eigenvalue weighted by molar-refractivity contribution is -0.154. The van der Waals surface area contributed by atoms with Gasteiger partial charge in [0, 0.05) is 32.2 Å². The highest BCUT2D eigenvalue weighted by molar-refractivity contribution is 5.91. The lowest BCUT2D eigenvalue weighted by atomic mass is 9.97. The third-order valence-corrected chi connectivity index (χ3v) is 5.58. The van der Waals surface area contributed by atoms with Gasteiger partial charge < -0.3 is 29.0 Å². The molecule has 1 aromatic rings.